The van der Waals surface area contributed by atoms with Crippen LogP contribution in [0.3, 0.4) is 0 Å². The van der Waals surface area contributed by atoms with Crippen LogP contribution in [0.2, 0.25) is 0 Å². The van der Waals surface area contributed by atoms with Gasteiger partial charge in [-0.15, -0.1) is 0 Å². The molecule has 0 aliphatic rings. The first-order chi connectivity index (χ1) is 8.69. The van der Waals surface area contributed by atoms with Gasteiger partial charge in [-0.05, 0) is 12.8 Å². The molecule has 19 heavy (non-hydrogen) atoms. The first-order valence-corrected chi connectivity index (χ1v) is 7.65. The molecule has 0 aliphatic heterocycles. The van der Waals surface area contributed by atoms with Gasteiger partial charge >= 0.3 is 11.9 Å². The number of carboxylic acid groups (broad SMARTS) is 1. The standard InChI is InChI=1S/C11H21NO6S/c1-4-18-11(15)5-6-19(16,17)12(7-9(2)3)8-10(13)14/h9H,4-8H2,1-3H3,(H,13,14). The molecule has 0 amide bonds. The summed E-state index contributed by atoms with van der Waals surface area (Å²) in [7, 11) is -3.77. The number of sulfonamides is 1. The van der Waals surface area contributed by atoms with E-state index >= 15 is 0 Å². The molecule has 0 atom stereocenters. The normalized spacial score (nSPS) is 11.8. The Morgan fingerprint density at radius 2 is 1.89 bits per heavy atom. The van der Waals surface area contributed by atoms with Crippen molar-refractivity contribution in [3.63, 3.8) is 0 Å². The third-order valence-corrected chi connectivity index (χ3v) is 3.93. The summed E-state index contributed by atoms with van der Waals surface area (Å²) < 4.78 is 29.5. The van der Waals surface area contributed by atoms with Gasteiger partial charge < -0.3 is 9.84 Å². The molecule has 0 saturated heterocycles. The SMILES string of the molecule is CCOC(=O)CCS(=O)(=O)N(CC(=O)O)CC(C)C. The molecule has 0 radical (unpaired) electrons. The number of carbonyl (C=O) groups excluding carboxylic acids is 1. The fraction of sp³-hybridized carbons (Fsp3) is 0.818. The molecule has 0 heterocycles. The van der Waals surface area contributed by atoms with Crippen LogP contribution in [-0.2, 0) is 24.3 Å². The molecular formula is C11H21NO6S. The topological polar surface area (TPSA) is 101 Å². The average Bonchev–Trinajstić information content (AvgIpc) is 2.25. The summed E-state index contributed by atoms with van der Waals surface area (Å²) in [5, 5.41) is 8.72. The number of ether oxygens (including phenoxy) is 1. The van der Waals surface area contributed by atoms with E-state index < -0.39 is 34.3 Å². The molecule has 0 unspecified atom stereocenters. The van der Waals surface area contributed by atoms with Crippen LogP contribution in [0.5, 0.6) is 0 Å². The van der Waals surface area contributed by atoms with Crippen molar-refractivity contribution >= 4 is 22.0 Å². The number of carboxylic acids is 1. The van der Waals surface area contributed by atoms with Crippen LogP contribution in [0.25, 0.3) is 0 Å². The maximum atomic E-state index is 12.0. The van der Waals surface area contributed by atoms with Gasteiger partial charge in [0.2, 0.25) is 10.0 Å². The Bertz CT molecular complexity index is 403. The van der Waals surface area contributed by atoms with Crippen LogP contribution in [0.1, 0.15) is 27.2 Å². The molecule has 0 saturated carbocycles. The van der Waals surface area contributed by atoms with Gasteiger partial charge in [-0.25, -0.2) is 8.42 Å². The largest absolute Gasteiger partial charge is 0.480 e. The van der Waals surface area contributed by atoms with E-state index in [1.54, 1.807) is 20.8 Å². The van der Waals surface area contributed by atoms with Gasteiger partial charge in [-0.3, -0.25) is 9.59 Å². The summed E-state index contributed by atoms with van der Waals surface area (Å²) in [6.45, 7) is 4.90. The van der Waals surface area contributed by atoms with Crippen molar-refractivity contribution in [3.8, 4) is 0 Å². The number of nitrogens with zero attached hydrogens (tertiary/aromatic N) is 1. The molecule has 0 aromatic carbocycles. The van der Waals surface area contributed by atoms with Crippen molar-refractivity contribution in [1.82, 2.24) is 4.31 Å². The Balaban J connectivity index is 4.68. The van der Waals surface area contributed by atoms with Crippen molar-refractivity contribution in [2.24, 2.45) is 5.92 Å². The monoisotopic (exact) mass is 295 g/mol. The second-order valence-corrected chi connectivity index (χ2v) is 6.54. The van der Waals surface area contributed by atoms with Crippen molar-refractivity contribution in [2.45, 2.75) is 27.2 Å². The lowest BCUT2D eigenvalue weighted by molar-refractivity contribution is -0.142. The number of esters is 1. The number of hydrogen-bond acceptors (Lipinski definition) is 5. The first-order valence-electron chi connectivity index (χ1n) is 6.04. The summed E-state index contributed by atoms with van der Waals surface area (Å²) in [5.41, 5.74) is 0. The Hall–Kier alpha value is -1.15. The van der Waals surface area contributed by atoms with E-state index in [1.165, 1.54) is 0 Å². The quantitative estimate of drug-likeness (QED) is 0.614. The highest BCUT2D eigenvalue weighted by atomic mass is 32.2. The van der Waals surface area contributed by atoms with Gasteiger partial charge in [0.25, 0.3) is 0 Å². The second kappa shape index (κ2) is 8.11. The molecule has 1 N–H and O–H groups in total. The van der Waals surface area contributed by atoms with Crippen molar-refractivity contribution in [2.75, 3.05) is 25.4 Å². The van der Waals surface area contributed by atoms with E-state index in [4.69, 9.17) is 5.11 Å². The summed E-state index contributed by atoms with van der Waals surface area (Å²) in [5.74, 6) is -2.27. The Morgan fingerprint density at radius 1 is 1.32 bits per heavy atom. The minimum absolute atomic E-state index is 0.00304. The molecule has 112 valence electrons. The fourth-order valence-corrected chi connectivity index (χ4v) is 2.92. The lowest BCUT2D eigenvalue weighted by Gasteiger charge is -2.21. The predicted molar refractivity (Wildman–Crippen MR) is 69.1 cm³/mol. The lowest BCUT2D eigenvalue weighted by Crippen LogP contribution is -2.40. The zero-order valence-electron chi connectivity index (χ0n) is 11.5. The molecule has 0 aromatic rings. The zero-order chi connectivity index (χ0) is 15.1. The van der Waals surface area contributed by atoms with Crippen LogP contribution < -0.4 is 0 Å². The highest BCUT2D eigenvalue weighted by Gasteiger charge is 2.26. The molecule has 0 fully saturated rings. The smallest absolute Gasteiger partial charge is 0.318 e. The van der Waals surface area contributed by atoms with Crippen LogP contribution in [0, 0.1) is 5.92 Å². The van der Waals surface area contributed by atoms with Gasteiger partial charge in [0.15, 0.2) is 0 Å². The minimum Gasteiger partial charge on any atom is -0.480 e. The third kappa shape index (κ3) is 7.78. The Labute approximate surface area is 113 Å². The summed E-state index contributed by atoms with van der Waals surface area (Å²) in [4.78, 5) is 21.8. The Kier molecular flexibility index (Phi) is 7.62. The average molecular weight is 295 g/mol. The van der Waals surface area contributed by atoms with E-state index in [1.807, 2.05) is 0 Å². The van der Waals surface area contributed by atoms with Crippen LogP contribution >= 0.6 is 0 Å². The highest BCUT2D eigenvalue weighted by Crippen LogP contribution is 2.08. The third-order valence-electron chi connectivity index (χ3n) is 2.14. The Morgan fingerprint density at radius 3 is 2.32 bits per heavy atom. The summed E-state index contributed by atoms with van der Waals surface area (Å²) >= 11 is 0. The number of rotatable bonds is 9. The van der Waals surface area contributed by atoms with Gasteiger partial charge in [0.05, 0.1) is 18.8 Å². The van der Waals surface area contributed by atoms with Crippen molar-refractivity contribution < 1.29 is 27.9 Å². The lowest BCUT2D eigenvalue weighted by atomic mass is 10.2. The summed E-state index contributed by atoms with van der Waals surface area (Å²) in [6, 6.07) is 0. The van der Waals surface area contributed by atoms with Crippen molar-refractivity contribution in [3.05, 3.63) is 0 Å². The number of hydrogen-bond donors (Lipinski definition) is 1. The molecule has 8 heteroatoms. The molecule has 0 aromatic heterocycles. The van der Waals surface area contributed by atoms with Crippen LogP contribution in [0.15, 0.2) is 0 Å². The summed E-state index contributed by atoms with van der Waals surface area (Å²) in [6.07, 6.45) is -0.273. The first kappa shape index (κ1) is 17.8. The van der Waals surface area contributed by atoms with E-state index in [0.717, 1.165) is 4.31 Å². The minimum atomic E-state index is -3.77. The van der Waals surface area contributed by atoms with E-state index in [2.05, 4.69) is 4.74 Å². The highest BCUT2D eigenvalue weighted by molar-refractivity contribution is 7.89. The van der Waals surface area contributed by atoms with Crippen LogP contribution in [0.4, 0.5) is 0 Å². The zero-order valence-corrected chi connectivity index (χ0v) is 12.3. The van der Waals surface area contributed by atoms with E-state index in [0.29, 0.717) is 0 Å². The van der Waals surface area contributed by atoms with Crippen LogP contribution in [-0.4, -0.2) is 55.2 Å². The second-order valence-electron chi connectivity index (χ2n) is 4.45. The molecule has 0 rings (SSSR count). The van der Waals surface area contributed by atoms with Gasteiger partial charge in [0.1, 0.15) is 6.54 Å². The van der Waals surface area contributed by atoms with Gasteiger partial charge in [-0.1, -0.05) is 13.8 Å². The maximum absolute atomic E-state index is 12.0. The number of carbonyl (C=O) groups is 2. The number of aliphatic carboxylic acids is 1. The fourth-order valence-electron chi connectivity index (χ4n) is 1.41. The van der Waals surface area contributed by atoms with E-state index in [9.17, 15) is 18.0 Å². The molecule has 0 spiro atoms. The molecule has 0 bridgehead atoms. The predicted octanol–water partition coefficient (Wildman–Crippen LogP) is 0.312. The van der Waals surface area contributed by atoms with Gasteiger partial charge in [-0.2, -0.15) is 4.31 Å². The molecule has 0 aliphatic carbocycles. The van der Waals surface area contributed by atoms with Gasteiger partial charge in [0, 0.05) is 6.54 Å². The molecular weight excluding hydrogens is 274 g/mol. The van der Waals surface area contributed by atoms with E-state index in [-0.39, 0.29) is 25.5 Å². The van der Waals surface area contributed by atoms with Crippen molar-refractivity contribution in [1.29, 1.82) is 0 Å². The maximum Gasteiger partial charge on any atom is 0.318 e. The molecule has 7 nitrogen and oxygen atoms in total.